The molecule has 28 heavy (non-hydrogen) atoms. The first kappa shape index (κ1) is 17.8. The fraction of sp³-hybridized carbons (Fsp3) is 0.417. The zero-order valence-corrected chi connectivity index (χ0v) is 16.4. The molecule has 0 amide bonds. The first-order valence-electron chi connectivity index (χ1n) is 10.6. The minimum atomic E-state index is 0.661. The lowest BCUT2D eigenvalue weighted by molar-refractivity contribution is 0.160. The molecule has 2 aromatic carbocycles. The molecule has 2 N–H and O–H groups in total. The summed E-state index contributed by atoms with van der Waals surface area (Å²) in [6.07, 6.45) is 5.94. The van der Waals surface area contributed by atoms with Gasteiger partial charge in [0.1, 0.15) is 12.4 Å². The zero-order chi connectivity index (χ0) is 18.9. The molecule has 3 saturated heterocycles. The summed E-state index contributed by atoms with van der Waals surface area (Å²) < 4.78 is 8.53. The second-order valence-electron chi connectivity index (χ2n) is 8.13. The maximum atomic E-state index is 6.15. The number of aryl methyl sites for hydroxylation is 1. The van der Waals surface area contributed by atoms with Crippen molar-refractivity contribution >= 4 is 21.8 Å². The second kappa shape index (κ2) is 7.61. The number of piperidine rings is 3. The second-order valence-corrected chi connectivity index (χ2v) is 8.13. The van der Waals surface area contributed by atoms with Gasteiger partial charge in [-0.3, -0.25) is 4.90 Å². The minimum absolute atomic E-state index is 0.661. The van der Waals surface area contributed by atoms with Gasteiger partial charge in [-0.05, 0) is 69.1 Å². The van der Waals surface area contributed by atoms with E-state index in [2.05, 4.69) is 58.0 Å². The third-order valence-corrected chi connectivity index (χ3v) is 6.44. The maximum absolute atomic E-state index is 6.15. The summed E-state index contributed by atoms with van der Waals surface area (Å²) in [7, 11) is 0. The summed E-state index contributed by atoms with van der Waals surface area (Å²) in [5.74, 6) is 1.73. The Balaban J connectivity index is 1.40. The van der Waals surface area contributed by atoms with Gasteiger partial charge in [-0.15, -0.1) is 0 Å². The van der Waals surface area contributed by atoms with Crippen LogP contribution in [-0.2, 0) is 6.54 Å². The number of benzene rings is 2. The number of hydrogen-bond acceptors (Lipinski definition) is 3. The van der Waals surface area contributed by atoms with Crippen molar-refractivity contribution < 1.29 is 4.74 Å². The molecule has 146 valence electrons. The highest BCUT2D eigenvalue weighted by molar-refractivity contribution is 6.08. The molecule has 2 bridgehead atoms. The van der Waals surface area contributed by atoms with Crippen LogP contribution >= 0.6 is 0 Å². The smallest absolute Gasteiger partial charge is 0.121 e. The fourth-order valence-electron chi connectivity index (χ4n) is 4.93. The van der Waals surface area contributed by atoms with Gasteiger partial charge in [-0.2, -0.15) is 0 Å². The molecule has 0 aliphatic carbocycles. The molecule has 0 unspecified atom stereocenters. The molecule has 3 aliphatic rings. The highest BCUT2D eigenvalue weighted by atomic mass is 16.5. The molecule has 0 atom stereocenters. The quantitative estimate of drug-likeness (QED) is 0.658. The van der Waals surface area contributed by atoms with Crippen LogP contribution in [-0.4, -0.2) is 42.3 Å². The van der Waals surface area contributed by atoms with E-state index in [-0.39, 0.29) is 0 Å². The zero-order valence-electron chi connectivity index (χ0n) is 16.4. The van der Waals surface area contributed by atoms with Crippen LogP contribution in [0.4, 0.5) is 0 Å². The number of nitrogens with zero attached hydrogens (tertiary/aromatic N) is 2. The van der Waals surface area contributed by atoms with Crippen molar-refractivity contribution in [2.24, 2.45) is 11.7 Å². The number of aromatic nitrogens is 1. The van der Waals surface area contributed by atoms with Crippen molar-refractivity contribution in [3.05, 3.63) is 54.1 Å². The van der Waals surface area contributed by atoms with Crippen LogP contribution in [0.2, 0.25) is 0 Å². The largest absolute Gasteiger partial charge is 0.489 e. The van der Waals surface area contributed by atoms with E-state index in [9.17, 15) is 0 Å². The van der Waals surface area contributed by atoms with Crippen molar-refractivity contribution in [1.29, 1.82) is 0 Å². The summed E-state index contributed by atoms with van der Waals surface area (Å²) >= 11 is 0. The third kappa shape index (κ3) is 3.21. The number of rotatable bonds is 6. The molecule has 3 aliphatic heterocycles. The van der Waals surface area contributed by atoms with E-state index in [1.165, 1.54) is 47.7 Å². The van der Waals surface area contributed by atoms with Crippen LogP contribution in [0.1, 0.15) is 19.3 Å². The molecule has 6 rings (SSSR count). The van der Waals surface area contributed by atoms with Crippen LogP contribution in [0.15, 0.2) is 54.1 Å². The Morgan fingerprint density at radius 2 is 1.86 bits per heavy atom. The van der Waals surface area contributed by atoms with Gasteiger partial charge >= 0.3 is 0 Å². The molecule has 4 nitrogen and oxygen atoms in total. The summed E-state index contributed by atoms with van der Waals surface area (Å²) in [5, 5.41) is 2.59. The highest BCUT2D eigenvalue weighted by Gasteiger charge is 2.28. The number of nitrogens with two attached hydrogens (primary N) is 1. The Kier molecular flexibility index (Phi) is 4.83. The van der Waals surface area contributed by atoms with Crippen LogP contribution in [0.5, 0.6) is 5.75 Å². The van der Waals surface area contributed by atoms with Gasteiger partial charge in [0.15, 0.2) is 0 Å². The van der Waals surface area contributed by atoms with E-state index in [1.807, 2.05) is 0 Å². The number of hydrogen-bond donors (Lipinski definition) is 1. The summed E-state index contributed by atoms with van der Waals surface area (Å²) in [6.45, 7) is 5.98. The summed E-state index contributed by atoms with van der Waals surface area (Å²) in [4.78, 5) is 2.56. The van der Waals surface area contributed by atoms with Gasteiger partial charge in [-0.1, -0.05) is 23.8 Å². The van der Waals surface area contributed by atoms with Crippen molar-refractivity contribution in [2.45, 2.75) is 25.8 Å². The van der Waals surface area contributed by atoms with Gasteiger partial charge in [-0.25, -0.2) is 0 Å². The predicted molar refractivity (Wildman–Crippen MR) is 116 cm³/mol. The molecule has 1 aromatic heterocycles. The van der Waals surface area contributed by atoms with E-state index >= 15 is 0 Å². The molecular weight excluding hydrogens is 346 g/mol. The lowest BCUT2D eigenvalue weighted by Crippen LogP contribution is -2.43. The Hall–Kier alpha value is -2.30. The highest BCUT2D eigenvalue weighted by Crippen LogP contribution is 2.33. The summed E-state index contributed by atoms with van der Waals surface area (Å²) in [5.41, 5.74) is 9.87. The van der Waals surface area contributed by atoms with Crippen LogP contribution < -0.4 is 10.5 Å². The number of fused-ring (bicyclic) bond motifs is 6. The third-order valence-electron chi connectivity index (χ3n) is 6.44. The molecule has 3 aromatic rings. The molecule has 3 fully saturated rings. The van der Waals surface area contributed by atoms with Crippen molar-refractivity contribution in [1.82, 2.24) is 9.47 Å². The fourth-order valence-corrected chi connectivity index (χ4v) is 4.93. The van der Waals surface area contributed by atoms with E-state index in [4.69, 9.17) is 10.5 Å². The van der Waals surface area contributed by atoms with Crippen LogP contribution in [0.25, 0.3) is 21.8 Å². The summed E-state index contributed by atoms with van der Waals surface area (Å²) in [6, 6.07) is 15.1. The first-order valence-corrected chi connectivity index (χ1v) is 10.6. The monoisotopic (exact) mass is 375 g/mol. The molecular formula is C24H29N3O. The van der Waals surface area contributed by atoms with Crippen LogP contribution in [0, 0.1) is 5.92 Å². The van der Waals surface area contributed by atoms with E-state index in [1.54, 1.807) is 5.57 Å². The van der Waals surface area contributed by atoms with Gasteiger partial charge in [0.05, 0.1) is 5.52 Å². The molecule has 0 saturated carbocycles. The molecule has 0 spiro atoms. The lowest BCUT2D eigenvalue weighted by atomic mass is 9.84. The molecule has 0 radical (unpaired) electrons. The average Bonchev–Trinajstić information content (AvgIpc) is 3.06. The van der Waals surface area contributed by atoms with Gasteiger partial charge < -0.3 is 15.0 Å². The van der Waals surface area contributed by atoms with Gasteiger partial charge in [0, 0.05) is 35.4 Å². The molecule has 4 heterocycles. The lowest BCUT2D eigenvalue weighted by Gasteiger charge is -2.41. The first-order chi connectivity index (χ1) is 13.8. The Bertz CT molecular complexity index is 1010. The minimum Gasteiger partial charge on any atom is -0.489 e. The van der Waals surface area contributed by atoms with E-state index in [0.717, 1.165) is 31.2 Å². The average molecular weight is 376 g/mol. The number of para-hydroxylation sites is 1. The van der Waals surface area contributed by atoms with Gasteiger partial charge in [0.25, 0.3) is 0 Å². The van der Waals surface area contributed by atoms with Crippen molar-refractivity contribution in [3.8, 4) is 5.75 Å². The maximum Gasteiger partial charge on any atom is 0.121 e. The Labute approximate surface area is 166 Å². The topological polar surface area (TPSA) is 43.4 Å². The number of ether oxygens (including phenoxy) is 1. The molecule has 4 heteroatoms. The normalized spacial score (nSPS) is 23.1. The Morgan fingerprint density at radius 3 is 2.64 bits per heavy atom. The van der Waals surface area contributed by atoms with Crippen molar-refractivity contribution in [2.75, 3.05) is 32.8 Å². The standard InChI is InChI=1S/C24H29N3O/c25-11-3-12-27-23-5-2-1-4-21(23)22-7-6-20(16-24(22)27)28-15-10-19-17-26-13-8-18(19)9-14-26/h1-2,4-7,10,16,18H,3,8-9,11-15,17,25H2. The van der Waals surface area contributed by atoms with E-state index in [0.29, 0.717) is 13.2 Å². The van der Waals surface area contributed by atoms with Crippen molar-refractivity contribution in [3.63, 3.8) is 0 Å². The van der Waals surface area contributed by atoms with Crippen LogP contribution in [0.3, 0.4) is 0 Å². The van der Waals surface area contributed by atoms with E-state index < -0.39 is 0 Å². The SMILES string of the molecule is NCCCn1c2ccccc2c2ccc(OCC=C3CN4CCC3CC4)cc21. The predicted octanol–water partition coefficient (Wildman–Crippen LogP) is 4.17. The Morgan fingerprint density at radius 1 is 1.04 bits per heavy atom. The van der Waals surface area contributed by atoms with Gasteiger partial charge in [0.2, 0.25) is 0 Å².